The molecule has 1 aliphatic carbocycles. The van der Waals surface area contributed by atoms with Crippen LogP contribution in [0.15, 0.2) is 58.1 Å². The number of esters is 1. The van der Waals surface area contributed by atoms with Gasteiger partial charge in [0.2, 0.25) is 5.96 Å². The Morgan fingerprint density at radius 3 is 2.78 bits per heavy atom. The predicted molar refractivity (Wildman–Crippen MR) is 107 cm³/mol. The van der Waals surface area contributed by atoms with E-state index in [1.54, 1.807) is 30.2 Å². The van der Waals surface area contributed by atoms with Gasteiger partial charge in [0.05, 0.1) is 18.4 Å². The van der Waals surface area contributed by atoms with E-state index in [-0.39, 0.29) is 12.6 Å². The number of guanidine groups is 1. The van der Waals surface area contributed by atoms with Crippen molar-refractivity contribution in [2.45, 2.75) is 20.3 Å². The molecule has 1 aromatic rings. The average Bonchev–Trinajstić information content (AvgIpc) is 3.06. The summed E-state index contributed by atoms with van der Waals surface area (Å²) in [6.45, 7) is 4.14. The summed E-state index contributed by atoms with van der Waals surface area (Å²) in [6, 6.07) is 13.4. The van der Waals surface area contributed by atoms with Gasteiger partial charge in [-0.1, -0.05) is 19.1 Å². The van der Waals surface area contributed by atoms with Crippen LogP contribution in [-0.2, 0) is 11.2 Å². The molecular weight excluding hydrogens is 342 g/mol. The molecule has 0 atom stereocenters. The second kappa shape index (κ2) is 7.95. The van der Waals surface area contributed by atoms with Crippen molar-refractivity contribution in [1.29, 1.82) is 0 Å². The molecule has 3 rings (SSSR count). The maximum Gasteiger partial charge on any atom is 0.340 e. The number of rotatable bonds is 5. The number of ether oxygens (including phenoxy) is 1. The zero-order valence-electron chi connectivity index (χ0n) is 15.7. The zero-order valence-corrected chi connectivity index (χ0v) is 15.7. The highest BCUT2D eigenvalue weighted by Gasteiger charge is 2.24. The smallest absolute Gasteiger partial charge is 0.340 e. The van der Waals surface area contributed by atoms with Gasteiger partial charge in [-0.2, -0.15) is 0 Å². The van der Waals surface area contributed by atoms with E-state index in [9.17, 15) is 4.79 Å². The lowest BCUT2D eigenvalue weighted by Crippen LogP contribution is -2.33. The van der Waals surface area contributed by atoms with E-state index < -0.39 is 5.97 Å². The van der Waals surface area contributed by atoms with Gasteiger partial charge >= 0.3 is 5.97 Å². The van der Waals surface area contributed by atoms with Crippen LogP contribution in [0.5, 0.6) is 0 Å². The number of carbonyl (C=O) groups excluding carboxylic acids is 1. The Morgan fingerprint density at radius 1 is 1.22 bits per heavy atom. The van der Waals surface area contributed by atoms with Gasteiger partial charge < -0.3 is 19.8 Å². The normalized spacial score (nSPS) is 11.6. The van der Waals surface area contributed by atoms with E-state index in [4.69, 9.17) is 14.9 Å². The van der Waals surface area contributed by atoms with Crippen molar-refractivity contribution in [3.8, 4) is 11.3 Å². The van der Waals surface area contributed by atoms with E-state index in [1.165, 1.54) is 5.56 Å². The lowest BCUT2D eigenvalue weighted by Gasteiger charge is -2.19. The Kier molecular flexibility index (Phi) is 5.45. The number of aryl methyl sites for hydroxylation is 1. The van der Waals surface area contributed by atoms with Crippen LogP contribution in [0.4, 0.5) is 11.4 Å². The third-order valence-electron chi connectivity index (χ3n) is 4.34. The van der Waals surface area contributed by atoms with Crippen molar-refractivity contribution in [3.05, 3.63) is 59.9 Å². The van der Waals surface area contributed by atoms with Gasteiger partial charge in [-0.3, -0.25) is 0 Å². The van der Waals surface area contributed by atoms with Gasteiger partial charge in [-0.05, 0) is 49.2 Å². The second-order valence-corrected chi connectivity index (χ2v) is 6.08. The molecule has 27 heavy (non-hydrogen) atoms. The molecule has 0 fully saturated rings. The quantitative estimate of drug-likeness (QED) is 0.416. The molecule has 6 nitrogen and oxygen atoms in total. The molecule has 6 heteroatoms. The van der Waals surface area contributed by atoms with Gasteiger partial charge in [-0.25, -0.2) is 9.79 Å². The fourth-order valence-electron chi connectivity index (χ4n) is 2.83. The summed E-state index contributed by atoms with van der Waals surface area (Å²) in [5.41, 5.74) is 9.84. The van der Waals surface area contributed by atoms with Crippen molar-refractivity contribution < 1.29 is 13.9 Å². The highest BCUT2D eigenvalue weighted by Crippen LogP contribution is 2.39. The summed E-state index contributed by atoms with van der Waals surface area (Å²) in [4.78, 5) is 18.6. The minimum Gasteiger partial charge on any atom is -0.462 e. The molecule has 0 spiro atoms. The number of hydrogen-bond donors (Lipinski definition) is 1. The number of nitrogens with two attached hydrogens (primary N) is 1. The van der Waals surface area contributed by atoms with Gasteiger partial charge in [0, 0.05) is 18.3 Å². The first-order chi connectivity index (χ1) is 13.0. The van der Waals surface area contributed by atoms with Crippen LogP contribution < -0.4 is 10.6 Å². The van der Waals surface area contributed by atoms with Gasteiger partial charge in [0.25, 0.3) is 0 Å². The molecule has 0 bridgehead atoms. The Bertz CT molecular complexity index is 945. The van der Waals surface area contributed by atoms with Crippen molar-refractivity contribution >= 4 is 23.3 Å². The topological polar surface area (TPSA) is 81.1 Å². The molecular formula is C21H23N3O3. The highest BCUT2D eigenvalue weighted by molar-refractivity contribution is 6.05. The predicted octanol–water partition coefficient (Wildman–Crippen LogP) is 4.21. The number of fused-ring (bicyclic) bond motifs is 1. The first-order valence-corrected chi connectivity index (χ1v) is 8.89. The number of anilines is 1. The number of aliphatic imine (C=N–C) groups is 1. The van der Waals surface area contributed by atoms with Crippen LogP contribution in [0, 0.1) is 0 Å². The Morgan fingerprint density at radius 2 is 2.04 bits per heavy atom. The average molecular weight is 365 g/mol. The van der Waals surface area contributed by atoms with Crippen LogP contribution in [0.1, 0.15) is 29.8 Å². The summed E-state index contributed by atoms with van der Waals surface area (Å²) in [6.07, 6.45) is 2.47. The SMILES string of the molecule is CCOC(=O)c1cc2cccoc-2c1N=C(N)N(C)c1cccc(CC)c1. The maximum absolute atomic E-state index is 12.4. The summed E-state index contributed by atoms with van der Waals surface area (Å²) in [5.74, 6) is 0.297. The standard InChI is InChI=1S/C21H23N3O3/c1-4-14-8-6-10-16(12-14)24(3)21(22)23-18-17(20(25)26-5-2)13-15-9-7-11-27-19(15)18/h6-13H,4-5H2,1-3H3,(H2,22,23). The molecule has 0 aromatic heterocycles. The number of benzene rings is 1. The van der Waals surface area contributed by atoms with Gasteiger partial charge in [-0.15, -0.1) is 0 Å². The molecule has 0 amide bonds. The Hall–Kier alpha value is -3.28. The largest absolute Gasteiger partial charge is 0.462 e. The summed E-state index contributed by atoms with van der Waals surface area (Å²) in [5, 5.41) is 0. The molecule has 1 heterocycles. The van der Waals surface area contributed by atoms with Crippen molar-refractivity contribution in [1.82, 2.24) is 0 Å². The molecule has 0 saturated heterocycles. The fraction of sp³-hybridized carbons (Fsp3) is 0.238. The molecule has 0 saturated carbocycles. The zero-order chi connectivity index (χ0) is 19.4. The Balaban J connectivity index is 2.03. The number of nitrogens with zero attached hydrogens (tertiary/aromatic N) is 2. The molecule has 1 aliphatic heterocycles. The van der Waals surface area contributed by atoms with E-state index in [0.29, 0.717) is 17.0 Å². The number of hydrogen-bond acceptors (Lipinski definition) is 4. The van der Waals surface area contributed by atoms with Crippen molar-refractivity contribution in [2.24, 2.45) is 10.7 Å². The molecule has 0 unspecified atom stereocenters. The summed E-state index contributed by atoms with van der Waals surface area (Å²) < 4.78 is 10.7. The van der Waals surface area contributed by atoms with Crippen LogP contribution in [-0.4, -0.2) is 25.6 Å². The van der Waals surface area contributed by atoms with E-state index in [0.717, 1.165) is 17.7 Å². The summed E-state index contributed by atoms with van der Waals surface area (Å²) >= 11 is 0. The van der Waals surface area contributed by atoms with Crippen LogP contribution in [0.2, 0.25) is 0 Å². The third kappa shape index (κ3) is 3.79. The van der Waals surface area contributed by atoms with Gasteiger partial charge in [0.1, 0.15) is 5.69 Å². The first kappa shape index (κ1) is 18.5. The van der Waals surface area contributed by atoms with E-state index >= 15 is 0 Å². The molecule has 140 valence electrons. The van der Waals surface area contributed by atoms with Gasteiger partial charge in [0.15, 0.2) is 5.76 Å². The van der Waals surface area contributed by atoms with Crippen molar-refractivity contribution in [2.75, 3.05) is 18.6 Å². The Labute approximate surface area is 158 Å². The molecule has 2 aliphatic rings. The van der Waals surface area contributed by atoms with Crippen LogP contribution >= 0.6 is 0 Å². The monoisotopic (exact) mass is 365 g/mol. The lowest BCUT2D eigenvalue weighted by atomic mass is 10.1. The molecule has 2 N–H and O–H groups in total. The van der Waals surface area contributed by atoms with E-state index in [2.05, 4.69) is 24.0 Å². The van der Waals surface area contributed by atoms with Crippen LogP contribution in [0.3, 0.4) is 0 Å². The summed E-state index contributed by atoms with van der Waals surface area (Å²) in [7, 11) is 1.83. The van der Waals surface area contributed by atoms with Crippen molar-refractivity contribution in [3.63, 3.8) is 0 Å². The first-order valence-electron chi connectivity index (χ1n) is 8.89. The van der Waals surface area contributed by atoms with E-state index in [1.807, 2.05) is 25.2 Å². The minimum atomic E-state index is -0.453. The number of carbonyl (C=O) groups is 1. The molecule has 1 aromatic carbocycles. The highest BCUT2D eigenvalue weighted by atomic mass is 16.5. The fourth-order valence-corrected chi connectivity index (χ4v) is 2.83. The van der Waals surface area contributed by atoms with Crippen LogP contribution in [0.25, 0.3) is 11.3 Å². The molecule has 0 radical (unpaired) electrons. The maximum atomic E-state index is 12.4. The third-order valence-corrected chi connectivity index (χ3v) is 4.34. The minimum absolute atomic E-state index is 0.250. The lowest BCUT2D eigenvalue weighted by molar-refractivity contribution is 0.0528. The second-order valence-electron chi connectivity index (χ2n) is 6.08.